The van der Waals surface area contributed by atoms with Crippen molar-refractivity contribution in [1.29, 1.82) is 0 Å². The third-order valence-corrected chi connectivity index (χ3v) is 4.50. The van der Waals surface area contributed by atoms with Gasteiger partial charge in [0.05, 0.1) is 29.5 Å². The highest BCUT2D eigenvalue weighted by molar-refractivity contribution is 7.92. The van der Waals surface area contributed by atoms with Crippen molar-refractivity contribution in [2.75, 3.05) is 16.3 Å². The molecule has 3 aromatic rings. The summed E-state index contributed by atoms with van der Waals surface area (Å²) in [6.07, 6.45) is 2.45. The van der Waals surface area contributed by atoms with Crippen LogP contribution in [0, 0.1) is 5.82 Å². The highest BCUT2D eigenvalue weighted by Crippen LogP contribution is 2.26. The average molecular weight is 390 g/mol. The van der Waals surface area contributed by atoms with Gasteiger partial charge in [-0.25, -0.2) is 17.8 Å². The molecule has 0 fully saturated rings. The van der Waals surface area contributed by atoms with E-state index in [-0.39, 0.29) is 22.6 Å². The zero-order valence-corrected chi connectivity index (χ0v) is 15.8. The van der Waals surface area contributed by atoms with Crippen LogP contribution in [0.5, 0.6) is 0 Å². The van der Waals surface area contributed by atoms with Crippen LogP contribution in [0.1, 0.15) is 19.9 Å². The number of nitrogens with one attached hydrogen (secondary N) is 2. The van der Waals surface area contributed by atoms with Crippen LogP contribution >= 0.6 is 0 Å². The lowest BCUT2D eigenvalue weighted by molar-refractivity contribution is 0.569. The van der Waals surface area contributed by atoms with E-state index in [1.165, 1.54) is 23.0 Å². The molecule has 0 aliphatic heterocycles. The van der Waals surface area contributed by atoms with E-state index in [1.807, 2.05) is 13.8 Å². The van der Waals surface area contributed by atoms with Crippen LogP contribution in [-0.4, -0.2) is 24.2 Å². The summed E-state index contributed by atoms with van der Waals surface area (Å²) < 4.78 is 41.4. The third-order valence-electron chi connectivity index (χ3n) is 3.89. The summed E-state index contributed by atoms with van der Waals surface area (Å²) in [5.41, 5.74) is 0.720. The minimum atomic E-state index is -3.43. The maximum atomic E-state index is 15.0. The fourth-order valence-electron chi connectivity index (χ4n) is 2.68. The molecule has 0 unspecified atom stereocenters. The third kappa shape index (κ3) is 4.08. The van der Waals surface area contributed by atoms with Gasteiger partial charge in [0.25, 0.3) is 5.56 Å². The SMILES string of the molecule is CC(C)n1cnc2ccc(Nc3cccc(NS(C)(=O)=O)c3)c(F)c2c1=O. The van der Waals surface area contributed by atoms with Gasteiger partial charge in [-0.05, 0) is 44.2 Å². The smallest absolute Gasteiger partial charge is 0.264 e. The van der Waals surface area contributed by atoms with Crippen LogP contribution in [0.4, 0.5) is 21.5 Å². The molecule has 0 aliphatic rings. The Hall–Kier alpha value is -2.94. The number of benzene rings is 2. The fourth-order valence-corrected chi connectivity index (χ4v) is 3.23. The van der Waals surface area contributed by atoms with Crippen molar-refractivity contribution in [2.24, 2.45) is 0 Å². The van der Waals surface area contributed by atoms with Gasteiger partial charge in [0.1, 0.15) is 5.39 Å². The molecule has 27 heavy (non-hydrogen) atoms. The second-order valence-electron chi connectivity index (χ2n) is 6.45. The number of anilines is 3. The fraction of sp³-hybridized carbons (Fsp3) is 0.222. The van der Waals surface area contributed by atoms with Crippen molar-refractivity contribution in [3.63, 3.8) is 0 Å². The molecule has 142 valence electrons. The van der Waals surface area contributed by atoms with Gasteiger partial charge in [0.15, 0.2) is 5.82 Å². The molecule has 2 N–H and O–H groups in total. The van der Waals surface area contributed by atoms with Gasteiger partial charge >= 0.3 is 0 Å². The monoisotopic (exact) mass is 390 g/mol. The summed E-state index contributed by atoms with van der Waals surface area (Å²) in [6, 6.07) is 9.29. The van der Waals surface area contributed by atoms with Gasteiger partial charge in [-0.3, -0.25) is 14.1 Å². The minimum Gasteiger partial charge on any atom is -0.353 e. The molecular weight excluding hydrogens is 371 g/mol. The Bertz CT molecular complexity index is 1170. The molecule has 0 radical (unpaired) electrons. The largest absolute Gasteiger partial charge is 0.353 e. The Morgan fingerprint density at radius 1 is 1.15 bits per heavy atom. The Kier molecular flexibility index (Phi) is 4.88. The van der Waals surface area contributed by atoms with Crippen LogP contribution in [0.2, 0.25) is 0 Å². The summed E-state index contributed by atoms with van der Waals surface area (Å²) in [6.45, 7) is 3.63. The summed E-state index contributed by atoms with van der Waals surface area (Å²) in [7, 11) is -3.43. The highest BCUT2D eigenvalue weighted by Gasteiger charge is 2.15. The van der Waals surface area contributed by atoms with Gasteiger partial charge in [0.2, 0.25) is 10.0 Å². The summed E-state index contributed by atoms with van der Waals surface area (Å²) in [4.78, 5) is 16.7. The number of aromatic nitrogens is 2. The average Bonchev–Trinajstić information content (AvgIpc) is 2.56. The van der Waals surface area contributed by atoms with Crippen LogP contribution in [0.3, 0.4) is 0 Å². The van der Waals surface area contributed by atoms with Crippen molar-refractivity contribution >= 4 is 38.0 Å². The van der Waals surface area contributed by atoms with Gasteiger partial charge in [0, 0.05) is 11.7 Å². The number of hydrogen-bond acceptors (Lipinski definition) is 5. The van der Waals surface area contributed by atoms with Crippen molar-refractivity contribution in [1.82, 2.24) is 9.55 Å². The predicted molar refractivity (Wildman–Crippen MR) is 105 cm³/mol. The van der Waals surface area contributed by atoms with Gasteiger partial charge in [-0.1, -0.05) is 6.07 Å². The molecular formula is C18H19FN4O3S. The topological polar surface area (TPSA) is 93.1 Å². The number of nitrogens with zero attached hydrogens (tertiary/aromatic N) is 2. The molecule has 0 amide bonds. The van der Waals surface area contributed by atoms with Crippen LogP contribution in [0.15, 0.2) is 47.5 Å². The lowest BCUT2D eigenvalue weighted by Crippen LogP contribution is -2.23. The van der Waals surface area contributed by atoms with Crippen LogP contribution in [0.25, 0.3) is 10.9 Å². The number of halogens is 1. The van der Waals surface area contributed by atoms with E-state index in [0.29, 0.717) is 11.4 Å². The lowest BCUT2D eigenvalue weighted by Gasteiger charge is -2.13. The highest BCUT2D eigenvalue weighted by atomic mass is 32.2. The zero-order valence-electron chi connectivity index (χ0n) is 15.0. The summed E-state index contributed by atoms with van der Waals surface area (Å²) in [5.74, 6) is -0.707. The second-order valence-corrected chi connectivity index (χ2v) is 8.20. The maximum Gasteiger partial charge on any atom is 0.264 e. The Balaban J connectivity index is 2.03. The van der Waals surface area contributed by atoms with E-state index in [9.17, 15) is 13.2 Å². The molecule has 0 atom stereocenters. The number of sulfonamides is 1. The first-order chi connectivity index (χ1) is 12.7. The van der Waals surface area contributed by atoms with Gasteiger partial charge in [-0.15, -0.1) is 0 Å². The molecule has 3 rings (SSSR count). The molecule has 0 saturated heterocycles. The van der Waals surface area contributed by atoms with E-state index < -0.39 is 21.4 Å². The molecule has 1 heterocycles. The standard InChI is InChI=1S/C18H19FN4O3S/c1-11(2)23-10-20-14-7-8-15(17(19)16(14)18(23)24)21-12-5-4-6-13(9-12)22-27(3,25)26/h4-11,21-22H,1-3H3. The second kappa shape index (κ2) is 6.99. The summed E-state index contributed by atoms with van der Waals surface area (Å²) in [5, 5.41) is 2.78. The van der Waals surface area contributed by atoms with E-state index in [2.05, 4.69) is 15.0 Å². The van der Waals surface area contributed by atoms with E-state index in [1.54, 1.807) is 24.3 Å². The molecule has 9 heteroatoms. The Morgan fingerprint density at radius 3 is 2.52 bits per heavy atom. The minimum absolute atomic E-state index is 0.0957. The van der Waals surface area contributed by atoms with Crippen molar-refractivity contribution in [3.8, 4) is 0 Å². The molecule has 0 saturated carbocycles. The molecule has 2 aromatic carbocycles. The first kappa shape index (κ1) is 18.8. The van der Waals surface area contributed by atoms with Crippen molar-refractivity contribution < 1.29 is 12.8 Å². The van der Waals surface area contributed by atoms with Gasteiger partial charge in [-0.2, -0.15) is 0 Å². The molecule has 0 aliphatic carbocycles. The maximum absolute atomic E-state index is 15.0. The molecule has 0 bridgehead atoms. The van der Waals surface area contributed by atoms with Crippen LogP contribution < -0.4 is 15.6 Å². The van der Waals surface area contributed by atoms with Crippen LogP contribution in [-0.2, 0) is 10.0 Å². The number of rotatable bonds is 5. The molecule has 7 nitrogen and oxygen atoms in total. The molecule has 0 spiro atoms. The van der Waals surface area contributed by atoms with Crippen molar-refractivity contribution in [3.05, 3.63) is 58.9 Å². The van der Waals surface area contributed by atoms with E-state index >= 15 is 4.39 Å². The Labute approximate surface area is 155 Å². The van der Waals surface area contributed by atoms with E-state index in [4.69, 9.17) is 0 Å². The lowest BCUT2D eigenvalue weighted by atomic mass is 10.2. The first-order valence-electron chi connectivity index (χ1n) is 8.20. The number of fused-ring (bicyclic) bond motifs is 1. The number of hydrogen-bond donors (Lipinski definition) is 2. The normalized spacial score (nSPS) is 11.7. The zero-order chi connectivity index (χ0) is 19.8. The summed E-state index contributed by atoms with van der Waals surface area (Å²) >= 11 is 0. The first-order valence-corrected chi connectivity index (χ1v) is 10.1. The Morgan fingerprint density at radius 2 is 1.85 bits per heavy atom. The van der Waals surface area contributed by atoms with Crippen molar-refractivity contribution in [2.45, 2.75) is 19.9 Å². The van der Waals surface area contributed by atoms with Gasteiger partial charge < -0.3 is 5.32 Å². The predicted octanol–water partition coefficient (Wildman–Crippen LogP) is 3.23. The molecule has 1 aromatic heterocycles. The van der Waals surface area contributed by atoms with E-state index in [0.717, 1.165) is 6.26 Å². The quantitative estimate of drug-likeness (QED) is 0.698.